The molecule has 0 saturated heterocycles. The summed E-state index contributed by atoms with van der Waals surface area (Å²) in [6.07, 6.45) is -1.26. The standard InChI is InChI=1S/C26H26F5N3O3S.CH2O2/c1-34(2)22-11-17(16-4-3-5-18(10-16)26(29,30)31)6-7-23(22)37-24-12-21(28)25(13-20(24)27)38(35,36)14-19-8-9-32-15-33-19;2-1-3/h3-5,8-10,12-13,15,17,22-23H,6-7,11,14H2,1-2H3;1H,(H,2,3)/t17-,22-,23-;/m0./s1. The zero-order chi connectivity index (χ0) is 30.4. The van der Waals surface area contributed by atoms with Crippen molar-refractivity contribution in [3.8, 4) is 5.75 Å². The van der Waals surface area contributed by atoms with Gasteiger partial charge in [0, 0.05) is 18.3 Å². The highest BCUT2D eigenvalue weighted by molar-refractivity contribution is 7.90. The van der Waals surface area contributed by atoms with Crippen LogP contribution in [0.1, 0.15) is 42.0 Å². The zero-order valence-corrected chi connectivity index (χ0v) is 22.9. The number of alkyl halides is 3. The van der Waals surface area contributed by atoms with Gasteiger partial charge in [-0.3, -0.25) is 4.79 Å². The lowest BCUT2D eigenvalue weighted by Crippen LogP contribution is -2.46. The molecule has 1 heterocycles. The fraction of sp³-hybridized carbons (Fsp3) is 0.370. The van der Waals surface area contributed by atoms with Gasteiger partial charge in [-0.05, 0) is 63.0 Å². The van der Waals surface area contributed by atoms with Gasteiger partial charge < -0.3 is 14.7 Å². The Hall–Kier alpha value is -3.65. The SMILES string of the molecule is CN(C)[C@H]1C[C@@H](c2cccc(C(F)(F)F)c2)CC[C@@H]1Oc1cc(F)c(S(=O)(=O)Cc2ccncn2)cc1F.O=CO. The van der Waals surface area contributed by atoms with Gasteiger partial charge >= 0.3 is 6.18 Å². The summed E-state index contributed by atoms with van der Waals surface area (Å²) in [5, 5.41) is 6.89. The first-order valence-electron chi connectivity index (χ1n) is 12.3. The van der Waals surface area contributed by atoms with Gasteiger partial charge in [-0.1, -0.05) is 18.2 Å². The lowest BCUT2D eigenvalue weighted by molar-refractivity contribution is -0.137. The minimum atomic E-state index is -4.45. The molecular weight excluding hydrogens is 573 g/mol. The quantitative estimate of drug-likeness (QED) is 0.295. The summed E-state index contributed by atoms with van der Waals surface area (Å²) >= 11 is 0. The Morgan fingerprint density at radius 1 is 1.10 bits per heavy atom. The summed E-state index contributed by atoms with van der Waals surface area (Å²) in [4.78, 5) is 16.9. The molecule has 3 atom stereocenters. The predicted octanol–water partition coefficient (Wildman–Crippen LogP) is 5.09. The number of nitrogens with zero attached hydrogens (tertiary/aromatic N) is 3. The highest BCUT2D eigenvalue weighted by atomic mass is 32.2. The van der Waals surface area contributed by atoms with Gasteiger partial charge in [-0.2, -0.15) is 13.2 Å². The van der Waals surface area contributed by atoms with Crippen molar-refractivity contribution in [3.63, 3.8) is 0 Å². The minimum absolute atomic E-state index is 0.131. The monoisotopic (exact) mass is 601 g/mol. The Kier molecular flexibility index (Phi) is 10.4. The summed E-state index contributed by atoms with van der Waals surface area (Å²) in [6, 6.07) is 7.57. The fourth-order valence-electron chi connectivity index (χ4n) is 4.75. The highest BCUT2D eigenvalue weighted by Crippen LogP contribution is 2.39. The van der Waals surface area contributed by atoms with E-state index in [4.69, 9.17) is 14.6 Å². The molecule has 41 heavy (non-hydrogen) atoms. The molecule has 8 nitrogen and oxygen atoms in total. The van der Waals surface area contributed by atoms with Gasteiger partial charge in [0.05, 0.1) is 17.0 Å². The molecule has 1 aliphatic rings. The second-order valence-electron chi connectivity index (χ2n) is 9.60. The van der Waals surface area contributed by atoms with Crippen LogP contribution < -0.4 is 4.74 Å². The van der Waals surface area contributed by atoms with Crippen LogP contribution in [0.3, 0.4) is 0 Å². The van der Waals surface area contributed by atoms with Crippen molar-refractivity contribution >= 4 is 16.3 Å². The van der Waals surface area contributed by atoms with E-state index in [-0.39, 0.29) is 24.1 Å². The summed E-state index contributed by atoms with van der Waals surface area (Å²) in [5.41, 5.74) is -0.0332. The molecule has 1 saturated carbocycles. The number of rotatable bonds is 7. The van der Waals surface area contributed by atoms with Crippen molar-refractivity contribution < 1.29 is 45.0 Å². The maximum atomic E-state index is 15.0. The van der Waals surface area contributed by atoms with Crippen molar-refractivity contribution in [2.75, 3.05) is 14.1 Å². The van der Waals surface area contributed by atoms with E-state index in [0.717, 1.165) is 18.5 Å². The Morgan fingerprint density at radius 3 is 2.41 bits per heavy atom. The van der Waals surface area contributed by atoms with E-state index < -0.39 is 55.7 Å². The van der Waals surface area contributed by atoms with Crippen LogP contribution in [0.4, 0.5) is 22.0 Å². The van der Waals surface area contributed by atoms with Crippen molar-refractivity contribution in [1.82, 2.24) is 14.9 Å². The largest absolute Gasteiger partial charge is 0.486 e. The van der Waals surface area contributed by atoms with Crippen LogP contribution in [0.2, 0.25) is 0 Å². The highest BCUT2D eigenvalue weighted by Gasteiger charge is 2.36. The first-order chi connectivity index (χ1) is 19.3. The molecule has 0 unspecified atom stereocenters. The second-order valence-corrected chi connectivity index (χ2v) is 11.6. The Balaban J connectivity index is 0.00000147. The number of halogens is 5. The topological polar surface area (TPSA) is 110 Å². The lowest BCUT2D eigenvalue weighted by Gasteiger charge is -2.40. The predicted molar refractivity (Wildman–Crippen MR) is 138 cm³/mol. The van der Waals surface area contributed by atoms with E-state index in [2.05, 4.69) is 9.97 Å². The van der Waals surface area contributed by atoms with Gasteiger partial charge in [0.15, 0.2) is 21.4 Å². The summed E-state index contributed by atoms with van der Waals surface area (Å²) in [7, 11) is -0.695. The molecule has 0 amide bonds. The first-order valence-corrected chi connectivity index (χ1v) is 14.0. The van der Waals surface area contributed by atoms with Crippen molar-refractivity contribution in [3.05, 3.63) is 83.4 Å². The van der Waals surface area contributed by atoms with Gasteiger partial charge in [0.2, 0.25) is 0 Å². The maximum Gasteiger partial charge on any atom is 0.416 e. The molecule has 3 aromatic rings. The number of benzene rings is 2. The number of hydrogen-bond donors (Lipinski definition) is 1. The molecule has 0 bridgehead atoms. The zero-order valence-electron chi connectivity index (χ0n) is 22.1. The number of sulfone groups is 1. The normalized spacial score (nSPS) is 19.3. The van der Waals surface area contributed by atoms with Crippen LogP contribution in [-0.4, -0.2) is 61.1 Å². The molecule has 1 aliphatic carbocycles. The van der Waals surface area contributed by atoms with E-state index in [1.165, 1.54) is 18.3 Å². The molecule has 0 radical (unpaired) electrons. The number of carbonyl (C=O) groups is 1. The molecule has 222 valence electrons. The van der Waals surface area contributed by atoms with E-state index in [1.54, 1.807) is 20.2 Å². The van der Waals surface area contributed by atoms with Crippen molar-refractivity contribution in [1.29, 1.82) is 0 Å². The Morgan fingerprint density at radius 2 is 1.80 bits per heavy atom. The minimum Gasteiger partial charge on any atom is -0.486 e. The van der Waals surface area contributed by atoms with Crippen LogP contribution in [0, 0.1) is 11.6 Å². The smallest absolute Gasteiger partial charge is 0.416 e. The number of ether oxygens (including phenoxy) is 1. The molecule has 2 aromatic carbocycles. The molecule has 4 rings (SSSR count). The fourth-order valence-corrected chi connectivity index (χ4v) is 6.10. The third-order valence-electron chi connectivity index (χ3n) is 6.68. The first kappa shape index (κ1) is 31.9. The lowest BCUT2D eigenvalue weighted by atomic mass is 9.79. The molecule has 1 N–H and O–H groups in total. The average molecular weight is 602 g/mol. The second kappa shape index (κ2) is 13.3. The van der Waals surface area contributed by atoms with E-state index in [0.29, 0.717) is 37.0 Å². The molecule has 0 spiro atoms. The van der Waals surface area contributed by atoms with E-state index >= 15 is 0 Å². The number of hydrogen-bond acceptors (Lipinski definition) is 7. The molecule has 14 heteroatoms. The third kappa shape index (κ3) is 8.19. The van der Waals surface area contributed by atoms with E-state index in [1.807, 2.05) is 4.90 Å². The third-order valence-corrected chi connectivity index (χ3v) is 8.34. The van der Waals surface area contributed by atoms with Crippen LogP contribution in [-0.2, 0) is 26.6 Å². The van der Waals surface area contributed by atoms with E-state index in [9.17, 15) is 30.4 Å². The van der Waals surface area contributed by atoms with Crippen LogP contribution in [0.25, 0.3) is 0 Å². The Labute approximate surface area is 233 Å². The summed E-state index contributed by atoms with van der Waals surface area (Å²) in [6.45, 7) is -0.250. The van der Waals surface area contributed by atoms with Crippen LogP contribution in [0.15, 0.2) is 59.9 Å². The van der Waals surface area contributed by atoms with Crippen molar-refractivity contribution in [2.24, 2.45) is 0 Å². The van der Waals surface area contributed by atoms with Crippen molar-refractivity contribution in [2.45, 2.75) is 54.2 Å². The molecule has 0 aliphatic heterocycles. The number of carboxylic acid groups (broad SMARTS) is 1. The van der Waals surface area contributed by atoms with Gasteiger partial charge in [0.25, 0.3) is 6.47 Å². The molecule has 1 fully saturated rings. The summed E-state index contributed by atoms with van der Waals surface area (Å²) < 4.78 is 101. The number of aromatic nitrogens is 2. The van der Waals surface area contributed by atoms with Crippen LogP contribution in [0.5, 0.6) is 5.75 Å². The van der Waals surface area contributed by atoms with Gasteiger partial charge in [-0.25, -0.2) is 27.2 Å². The van der Waals surface area contributed by atoms with Crippen LogP contribution >= 0.6 is 0 Å². The molecular formula is C27H28F5N3O5S. The summed E-state index contributed by atoms with van der Waals surface area (Å²) in [5.74, 6) is -3.44. The Bertz CT molecular complexity index is 1440. The van der Waals surface area contributed by atoms with Gasteiger partial charge in [0.1, 0.15) is 23.1 Å². The molecule has 1 aromatic heterocycles. The average Bonchev–Trinajstić information content (AvgIpc) is 2.91. The van der Waals surface area contributed by atoms with Gasteiger partial charge in [-0.15, -0.1) is 0 Å². The number of likely N-dealkylation sites (N-methyl/N-ethyl adjacent to an activating group) is 1. The maximum absolute atomic E-state index is 15.0.